The van der Waals surface area contributed by atoms with Gasteiger partial charge in [-0.05, 0) is 24.7 Å². The van der Waals surface area contributed by atoms with E-state index in [0.29, 0.717) is 11.5 Å². The highest BCUT2D eigenvalue weighted by atomic mass is 32.1. The first-order chi connectivity index (χ1) is 5.96. The van der Waals surface area contributed by atoms with Crippen molar-refractivity contribution in [3.63, 3.8) is 0 Å². The quantitative estimate of drug-likeness (QED) is 0.596. The second-order valence-electron chi connectivity index (χ2n) is 4.96. The van der Waals surface area contributed by atoms with Gasteiger partial charge < -0.3 is 4.90 Å². The fraction of sp³-hybridized carbons (Fsp3) is 0.909. The fourth-order valence-electron chi connectivity index (χ4n) is 2.17. The van der Waals surface area contributed by atoms with Crippen LogP contribution >= 0.6 is 12.2 Å². The Hall–Kier alpha value is -0.110. The largest absolute Gasteiger partial charge is 0.363 e. The first-order valence-electron chi connectivity index (χ1n) is 5.26. The number of thiocarbonyl (C=S) groups is 1. The Morgan fingerprint density at radius 2 is 2.08 bits per heavy atom. The second kappa shape index (κ2) is 3.95. The Bertz CT molecular complexity index is 193. The van der Waals surface area contributed by atoms with Gasteiger partial charge in [0, 0.05) is 12.6 Å². The van der Waals surface area contributed by atoms with E-state index in [9.17, 15) is 0 Å². The van der Waals surface area contributed by atoms with E-state index in [1.54, 1.807) is 0 Å². The number of hydrogen-bond acceptors (Lipinski definition) is 1. The summed E-state index contributed by atoms with van der Waals surface area (Å²) in [5, 5.41) is 0. The Kier molecular flexibility index (Phi) is 3.33. The minimum absolute atomic E-state index is 0.371. The van der Waals surface area contributed by atoms with Crippen LogP contribution in [0.25, 0.3) is 0 Å². The maximum atomic E-state index is 5.39. The molecule has 1 aliphatic rings. The molecule has 0 aliphatic carbocycles. The molecule has 2 heteroatoms. The zero-order valence-electron chi connectivity index (χ0n) is 9.26. The molecule has 0 aromatic heterocycles. The third kappa shape index (κ3) is 2.43. The molecule has 0 aromatic carbocycles. The van der Waals surface area contributed by atoms with Gasteiger partial charge in [0.15, 0.2) is 0 Å². The van der Waals surface area contributed by atoms with Crippen molar-refractivity contribution in [2.24, 2.45) is 5.41 Å². The van der Waals surface area contributed by atoms with Gasteiger partial charge in [-0.1, -0.05) is 39.9 Å². The van der Waals surface area contributed by atoms with E-state index in [1.165, 1.54) is 19.4 Å². The van der Waals surface area contributed by atoms with E-state index in [0.717, 1.165) is 11.4 Å². The molecule has 1 heterocycles. The molecule has 1 unspecified atom stereocenters. The average Bonchev–Trinajstić information content (AvgIpc) is 2.49. The van der Waals surface area contributed by atoms with Crippen LogP contribution in [-0.4, -0.2) is 22.5 Å². The Labute approximate surface area is 87.5 Å². The van der Waals surface area contributed by atoms with Crippen LogP contribution in [0, 0.1) is 5.41 Å². The highest BCUT2D eigenvalue weighted by Crippen LogP contribution is 2.33. The normalized spacial score (nSPS) is 23.7. The predicted octanol–water partition coefficient (Wildman–Crippen LogP) is 3.23. The minimum Gasteiger partial charge on any atom is -0.363 e. The van der Waals surface area contributed by atoms with E-state index in [4.69, 9.17) is 12.2 Å². The summed E-state index contributed by atoms with van der Waals surface area (Å²) in [5.41, 5.74) is 0.371. The molecule has 0 bridgehead atoms. The van der Waals surface area contributed by atoms with Crippen LogP contribution in [-0.2, 0) is 0 Å². The summed E-state index contributed by atoms with van der Waals surface area (Å²) in [6.07, 6.45) is 3.63. The highest BCUT2D eigenvalue weighted by Gasteiger charge is 2.34. The minimum atomic E-state index is 0.371. The molecule has 1 aliphatic heterocycles. The Balaban J connectivity index is 2.70. The van der Waals surface area contributed by atoms with E-state index in [2.05, 4.69) is 32.6 Å². The van der Waals surface area contributed by atoms with Crippen LogP contribution in [0.5, 0.6) is 0 Å². The molecule has 0 saturated carbocycles. The number of likely N-dealkylation sites (tertiary alicyclic amines) is 1. The summed E-state index contributed by atoms with van der Waals surface area (Å²) in [4.78, 5) is 3.59. The van der Waals surface area contributed by atoms with Crippen LogP contribution in [0.4, 0.5) is 0 Å². The molecule has 1 saturated heterocycles. The van der Waals surface area contributed by atoms with E-state index in [-0.39, 0.29) is 0 Å². The standard InChI is InChI=1S/C11H21NS/c1-5-10(13)12-8-6-7-9(12)11(2,3)4/h9H,5-8H2,1-4H3. The second-order valence-corrected chi connectivity index (χ2v) is 5.44. The molecule has 1 nitrogen and oxygen atoms in total. The Morgan fingerprint density at radius 1 is 1.46 bits per heavy atom. The topological polar surface area (TPSA) is 3.24 Å². The van der Waals surface area contributed by atoms with Gasteiger partial charge in [-0.3, -0.25) is 0 Å². The van der Waals surface area contributed by atoms with Crippen molar-refractivity contribution in [2.75, 3.05) is 6.54 Å². The van der Waals surface area contributed by atoms with Gasteiger partial charge in [-0.25, -0.2) is 0 Å². The van der Waals surface area contributed by atoms with Gasteiger partial charge in [-0.15, -0.1) is 0 Å². The smallest absolute Gasteiger partial charge is 0.0779 e. The molecule has 0 spiro atoms. The maximum absolute atomic E-state index is 5.39. The number of rotatable bonds is 1. The molecular formula is C11H21NS. The van der Waals surface area contributed by atoms with E-state index in [1.807, 2.05) is 0 Å². The summed E-state index contributed by atoms with van der Waals surface area (Å²) in [6.45, 7) is 10.3. The SMILES string of the molecule is CCC(=S)N1CCCC1C(C)(C)C. The van der Waals surface area contributed by atoms with Gasteiger partial charge in [0.25, 0.3) is 0 Å². The molecule has 0 radical (unpaired) electrons. The lowest BCUT2D eigenvalue weighted by molar-refractivity contribution is 0.208. The third-order valence-corrected chi connectivity index (χ3v) is 3.40. The molecule has 0 aromatic rings. The van der Waals surface area contributed by atoms with Crippen molar-refractivity contribution < 1.29 is 0 Å². The van der Waals surface area contributed by atoms with Crippen LogP contribution in [0.2, 0.25) is 0 Å². The maximum Gasteiger partial charge on any atom is 0.0779 e. The van der Waals surface area contributed by atoms with Gasteiger partial charge in [0.2, 0.25) is 0 Å². The number of hydrogen-bond donors (Lipinski definition) is 0. The van der Waals surface area contributed by atoms with Crippen LogP contribution in [0.1, 0.15) is 47.0 Å². The van der Waals surface area contributed by atoms with Crippen LogP contribution in [0.3, 0.4) is 0 Å². The summed E-state index contributed by atoms with van der Waals surface area (Å²) in [5.74, 6) is 0. The highest BCUT2D eigenvalue weighted by molar-refractivity contribution is 7.80. The monoisotopic (exact) mass is 199 g/mol. The number of nitrogens with zero attached hydrogens (tertiary/aromatic N) is 1. The van der Waals surface area contributed by atoms with Crippen LogP contribution in [0.15, 0.2) is 0 Å². The van der Waals surface area contributed by atoms with Gasteiger partial charge in [0.05, 0.1) is 4.99 Å². The predicted molar refractivity (Wildman–Crippen MR) is 62.1 cm³/mol. The van der Waals surface area contributed by atoms with Gasteiger partial charge >= 0.3 is 0 Å². The lowest BCUT2D eigenvalue weighted by Gasteiger charge is -2.36. The van der Waals surface area contributed by atoms with Crippen LogP contribution < -0.4 is 0 Å². The van der Waals surface area contributed by atoms with E-state index >= 15 is 0 Å². The zero-order chi connectivity index (χ0) is 10.1. The Morgan fingerprint density at radius 3 is 2.54 bits per heavy atom. The summed E-state index contributed by atoms with van der Waals surface area (Å²) in [6, 6.07) is 0.667. The average molecular weight is 199 g/mol. The molecule has 0 amide bonds. The zero-order valence-corrected chi connectivity index (χ0v) is 10.1. The summed E-state index contributed by atoms with van der Waals surface area (Å²) in [7, 11) is 0. The first kappa shape index (κ1) is 11.0. The molecule has 1 atom stereocenters. The molecule has 0 N–H and O–H groups in total. The van der Waals surface area contributed by atoms with Gasteiger partial charge in [0.1, 0.15) is 0 Å². The third-order valence-electron chi connectivity index (χ3n) is 2.88. The lowest BCUT2D eigenvalue weighted by Crippen LogP contribution is -2.42. The molecule has 1 fully saturated rings. The van der Waals surface area contributed by atoms with Crippen molar-refractivity contribution in [1.29, 1.82) is 0 Å². The van der Waals surface area contributed by atoms with Crippen molar-refractivity contribution in [3.05, 3.63) is 0 Å². The summed E-state index contributed by atoms with van der Waals surface area (Å²) >= 11 is 5.39. The molecule has 13 heavy (non-hydrogen) atoms. The van der Waals surface area contributed by atoms with Crippen molar-refractivity contribution in [2.45, 2.75) is 53.0 Å². The first-order valence-corrected chi connectivity index (χ1v) is 5.67. The van der Waals surface area contributed by atoms with Crippen molar-refractivity contribution in [3.8, 4) is 0 Å². The fourth-order valence-corrected chi connectivity index (χ4v) is 2.39. The van der Waals surface area contributed by atoms with Crippen molar-refractivity contribution in [1.82, 2.24) is 4.90 Å². The molecular weight excluding hydrogens is 178 g/mol. The summed E-state index contributed by atoms with van der Waals surface area (Å²) < 4.78 is 0. The molecule has 76 valence electrons. The van der Waals surface area contributed by atoms with Gasteiger partial charge in [-0.2, -0.15) is 0 Å². The molecule has 1 rings (SSSR count). The van der Waals surface area contributed by atoms with E-state index < -0.39 is 0 Å². The lowest BCUT2D eigenvalue weighted by atomic mass is 9.85. The van der Waals surface area contributed by atoms with Crippen molar-refractivity contribution >= 4 is 17.2 Å².